The average molecular weight is 257 g/mol. The van der Waals surface area contributed by atoms with Crippen molar-refractivity contribution >= 4 is 18.1 Å². The molecule has 2 rings (SSSR count). The van der Waals surface area contributed by atoms with Crippen molar-refractivity contribution < 1.29 is 9.09 Å². The van der Waals surface area contributed by atoms with Crippen LogP contribution in [0.15, 0.2) is 42.6 Å². The van der Waals surface area contributed by atoms with Crippen LogP contribution in [0.4, 0.5) is 0 Å². The second-order valence-electron chi connectivity index (χ2n) is 3.23. The minimum Gasteiger partial charge on any atom is -0.417 e. The zero-order valence-electron chi connectivity index (χ0n) is 8.58. The lowest BCUT2D eigenvalue weighted by Crippen LogP contribution is -1.99. The van der Waals surface area contributed by atoms with E-state index in [4.69, 9.17) is 15.8 Å². The van der Waals surface area contributed by atoms with Crippen molar-refractivity contribution in [3.05, 3.63) is 48.3 Å². The van der Waals surface area contributed by atoms with Gasteiger partial charge in [0.05, 0.1) is 5.69 Å². The van der Waals surface area contributed by atoms with E-state index in [2.05, 4.69) is 5.10 Å². The van der Waals surface area contributed by atoms with Gasteiger partial charge in [0.15, 0.2) is 0 Å². The molecule has 0 saturated carbocycles. The molecule has 0 spiro atoms. The maximum absolute atomic E-state index is 12.0. The van der Waals surface area contributed by atoms with Crippen molar-refractivity contribution in [3.63, 3.8) is 0 Å². The maximum atomic E-state index is 12.0. The molecule has 2 aromatic rings. The molecule has 0 radical (unpaired) electrons. The van der Waals surface area contributed by atoms with E-state index in [1.54, 1.807) is 37.3 Å². The first kappa shape index (κ1) is 11.2. The minimum absolute atomic E-state index is 0.453. The topological polar surface area (TPSA) is 44.1 Å². The molecule has 0 amide bonds. The number of rotatable bonds is 3. The molecule has 0 N–H and O–H groups in total. The molecule has 1 aromatic carbocycles. The van der Waals surface area contributed by atoms with E-state index in [-0.39, 0.29) is 0 Å². The van der Waals surface area contributed by atoms with Gasteiger partial charge in [-0.25, -0.2) is 4.57 Å². The molecule has 0 fully saturated rings. The number of hydrogen-bond acceptors (Lipinski definition) is 3. The highest BCUT2D eigenvalue weighted by atomic mass is 35.7. The molecule has 1 unspecified atom stereocenters. The number of hydrogen-bond donors (Lipinski definition) is 0. The molecule has 4 nitrogen and oxygen atoms in total. The Balaban J connectivity index is 2.24. The monoisotopic (exact) mass is 256 g/mol. The quantitative estimate of drug-likeness (QED) is 0.790. The van der Waals surface area contributed by atoms with Crippen molar-refractivity contribution in [2.45, 2.75) is 6.92 Å². The van der Waals surface area contributed by atoms with Gasteiger partial charge in [0.25, 0.3) is 0 Å². The van der Waals surface area contributed by atoms with Crippen LogP contribution >= 0.6 is 18.1 Å². The second kappa shape index (κ2) is 4.32. The third-order valence-corrected chi connectivity index (χ3v) is 3.74. The molecule has 0 aliphatic rings. The van der Waals surface area contributed by atoms with Crippen molar-refractivity contribution in [3.8, 4) is 5.75 Å². The summed E-state index contributed by atoms with van der Waals surface area (Å²) in [7, 11) is 0. The maximum Gasteiger partial charge on any atom is 0.457 e. The molecule has 1 atom stereocenters. The fraction of sp³-hybridized carbons (Fsp3) is 0.100. The van der Waals surface area contributed by atoms with Gasteiger partial charge in [0, 0.05) is 17.4 Å². The van der Waals surface area contributed by atoms with Crippen LogP contribution in [0.5, 0.6) is 5.75 Å². The number of para-hydroxylation sites is 1. The van der Waals surface area contributed by atoms with Crippen molar-refractivity contribution in [2.75, 3.05) is 0 Å². The summed E-state index contributed by atoms with van der Waals surface area (Å²) in [6.07, 6.45) is 1.53. The summed E-state index contributed by atoms with van der Waals surface area (Å²) in [5, 5.41) is 3.98. The highest BCUT2D eigenvalue weighted by molar-refractivity contribution is 7.84. The number of halogens is 1. The van der Waals surface area contributed by atoms with Gasteiger partial charge >= 0.3 is 6.87 Å². The van der Waals surface area contributed by atoms with Crippen LogP contribution in [0.25, 0.3) is 0 Å². The Hall–Kier alpha value is -1.25. The Morgan fingerprint density at radius 2 is 2.00 bits per heavy atom. The number of aromatic nitrogens is 2. The van der Waals surface area contributed by atoms with E-state index >= 15 is 0 Å². The summed E-state index contributed by atoms with van der Waals surface area (Å²) >= 11 is 5.84. The third-order valence-electron chi connectivity index (χ3n) is 1.92. The fourth-order valence-electron chi connectivity index (χ4n) is 1.19. The Morgan fingerprint density at radius 3 is 2.56 bits per heavy atom. The van der Waals surface area contributed by atoms with Crippen molar-refractivity contribution in [1.29, 1.82) is 0 Å². The van der Waals surface area contributed by atoms with Gasteiger partial charge in [-0.2, -0.15) is 9.55 Å². The average Bonchev–Trinajstić information content (AvgIpc) is 2.66. The summed E-state index contributed by atoms with van der Waals surface area (Å²) in [6.45, 7) is -1.68. The van der Waals surface area contributed by atoms with E-state index in [1.165, 1.54) is 6.20 Å². The van der Waals surface area contributed by atoms with E-state index in [1.807, 2.05) is 6.07 Å². The summed E-state index contributed by atoms with van der Waals surface area (Å²) in [5.74, 6) is 0.453. The summed E-state index contributed by atoms with van der Waals surface area (Å²) in [5.41, 5.74) is 0.734. The largest absolute Gasteiger partial charge is 0.457 e. The molecule has 0 aliphatic carbocycles. The first-order chi connectivity index (χ1) is 7.58. The van der Waals surface area contributed by atoms with Crippen LogP contribution in [0.2, 0.25) is 0 Å². The minimum atomic E-state index is -3.47. The highest BCUT2D eigenvalue weighted by Gasteiger charge is 2.24. The van der Waals surface area contributed by atoms with Crippen LogP contribution in [-0.4, -0.2) is 9.55 Å². The molecule has 16 heavy (non-hydrogen) atoms. The summed E-state index contributed by atoms with van der Waals surface area (Å²) in [6, 6.07) is 10.5. The van der Waals surface area contributed by atoms with Crippen LogP contribution in [0.1, 0.15) is 5.69 Å². The van der Waals surface area contributed by atoms with E-state index < -0.39 is 6.87 Å². The Kier molecular flexibility index (Phi) is 3.03. The zero-order chi connectivity index (χ0) is 11.6. The third kappa shape index (κ3) is 2.46. The first-order valence-corrected chi connectivity index (χ1v) is 7.14. The summed E-state index contributed by atoms with van der Waals surface area (Å²) < 4.78 is 18.4. The van der Waals surface area contributed by atoms with Gasteiger partial charge in [0.1, 0.15) is 5.75 Å². The lowest BCUT2D eigenvalue weighted by Gasteiger charge is -2.12. The van der Waals surface area contributed by atoms with Crippen molar-refractivity contribution in [2.24, 2.45) is 0 Å². The van der Waals surface area contributed by atoms with Gasteiger partial charge < -0.3 is 4.52 Å². The molecular weight excluding hydrogens is 247 g/mol. The SMILES string of the molecule is Cc1ccn(P(=O)(Cl)Oc2ccccc2)n1. The smallest absolute Gasteiger partial charge is 0.417 e. The van der Waals surface area contributed by atoms with Gasteiger partial charge in [-0.05, 0) is 25.1 Å². The number of aryl methyl sites for hydroxylation is 1. The molecular formula is C10H10ClN2O2P. The van der Waals surface area contributed by atoms with Gasteiger partial charge in [-0.1, -0.05) is 18.2 Å². The zero-order valence-corrected chi connectivity index (χ0v) is 10.2. The lowest BCUT2D eigenvalue weighted by atomic mass is 10.3. The molecule has 1 heterocycles. The van der Waals surface area contributed by atoms with Crippen LogP contribution < -0.4 is 4.52 Å². The Morgan fingerprint density at radius 1 is 1.31 bits per heavy atom. The highest BCUT2D eigenvalue weighted by Crippen LogP contribution is 2.52. The van der Waals surface area contributed by atoms with E-state index in [0.29, 0.717) is 5.75 Å². The van der Waals surface area contributed by atoms with Gasteiger partial charge in [0.2, 0.25) is 0 Å². The van der Waals surface area contributed by atoms with Gasteiger partial charge in [-0.3, -0.25) is 0 Å². The van der Waals surface area contributed by atoms with Crippen LogP contribution in [0.3, 0.4) is 0 Å². The fourth-order valence-corrected chi connectivity index (χ4v) is 2.62. The predicted octanol–water partition coefficient (Wildman–Crippen LogP) is 3.47. The molecule has 0 aliphatic heterocycles. The van der Waals surface area contributed by atoms with Gasteiger partial charge in [-0.15, -0.1) is 0 Å². The Labute approximate surface area is 98.1 Å². The summed E-state index contributed by atoms with van der Waals surface area (Å²) in [4.78, 5) is 0. The number of benzene rings is 1. The van der Waals surface area contributed by atoms with E-state index in [9.17, 15) is 4.57 Å². The van der Waals surface area contributed by atoms with Crippen LogP contribution in [0, 0.1) is 6.92 Å². The molecule has 1 aromatic heterocycles. The lowest BCUT2D eigenvalue weighted by molar-refractivity contribution is 0.482. The molecule has 84 valence electrons. The van der Waals surface area contributed by atoms with Crippen LogP contribution in [-0.2, 0) is 4.57 Å². The first-order valence-electron chi connectivity index (χ1n) is 4.65. The van der Waals surface area contributed by atoms with Crippen molar-refractivity contribution in [1.82, 2.24) is 9.55 Å². The molecule has 0 bridgehead atoms. The predicted molar refractivity (Wildman–Crippen MR) is 62.9 cm³/mol. The molecule has 6 heteroatoms. The second-order valence-corrected chi connectivity index (χ2v) is 6.01. The number of nitrogens with zero attached hydrogens (tertiary/aromatic N) is 2. The molecule has 0 saturated heterocycles. The normalized spacial score (nSPS) is 14.4. The Bertz CT molecular complexity index is 527. The van der Waals surface area contributed by atoms with E-state index in [0.717, 1.165) is 10.1 Å². The standard InChI is InChI=1S/C10H10ClN2O2P/c1-9-7-8-13(12-9)16(11,14)15-10-5-3-2-4-6-10/h2-8H,1H3.